The second kappa shape index (κ2) is 8.85. The van der Waals surface area contributed by atoms with Crippen LogP contribution >= 0.6 is 27.5 Å². The number of piperidine rings is 1. The number of nitrogens with zero attached hydrogens (tertiary/aromatic N) is 1. The number of carbonyl (C=O) groups is 3. The van der Waals surface area contributed by atoms with E-state index in [1.807, 2.05) is 25.1 Å². The van der Waals surface area contributed by atoms with Crippen molar-refractivity contribution < 1.29 is 14.4 Å². The van der Waals surface area contributed by atoms with Gasteiger partial charge >= 0.3 is 0 Å². The number of Topliss-reactive ketones (excluding diaryl/α,β-unsaturated/α-hetero) is 1. The largest absolute Gasteiger partial charge is 0.360 e. The molecule has 1 aromatic heterocycles. The van der Waals surface area contributed by atoms with E-state index in [1.165, 1.54) is 0 Å². The van der Waals surface area contributed by atoms with Gasteiger partial charge in [0.1, 0.15) is 0 Å². The van der Waals surface area contributed by atoms with Gasteiger partial charge in [-0.2, -0.15) is 0 Å². The second-order valence-electron chi connectivity index (χ2n) is 7.77. The lowest BCUT2D eigenvalue weighted by atomic mass is 10.0. The van der Waals surface area contributed by atoms with Crippen LogP contribution in [-0.4, -0.2) is 46.6 Å². The molecule has 8 heteroatoms. The minimum absolute atomic E-state index is 0.170. The molecule has 1 aliphatic rings. The van der Waals surface area contributed by atoms with E-state index in [1.54, 1.807) is 29.3 Å². The number of ketones is 1. The fraction of sp³-hybridized carbons (Fsp3) is 0.261. The van der Waals surface area contributed by atoms with Crippen molar-refractivity contribution in [1.82, 2.24) is 15.2 Å². The Morgan fingerprint density at radius 3 is 2.74 bits per heavy atom. The van der Waals surface area contributed by atoms with E-state index in [9.17, 15) is 14.4 Å². The molecule has 1 atom stereocenters. The van der Waals surface area contributed by atoms with Crippen LogP contribution in [0.3, 0.4) is 0 Å². The summed E-state index contributed by atoms with van der Waals surface area (Å²) >= 11 is 9.65. The monoisotopic (exact) mass is 501 g/mol. The summed E-state index contributed by atoms with van der Waals surface area (Å²) in [5.74, 6) is -1.44. The molecule has 1 unspecified atom stereocenters. The highest BCUT2D eigenvalue weighted by Gasteiger charge is 2.29. The number of hydrogen-bond acceptors (Lipinski definition) is 3. The molecule has 1 saturated heterocycles. The summed E-state index contributed by atoms with van der Waals surface area (Å²) in [6, 6.07) is 10.5. The topological polar surface area (TPSA) is 82.3 Å². The fourth-order valence-electron chi connectivity index (χ4n) is 3.90. The third-order valence-corrected chi connectivity index (χ3v) is 6.30. The summed E-state index contributed by atoms with van der Waals surface area (Å²) in [4.78, 5) is 43.0. The van der Waals surface area contributed by atoms with Crippen molar-refractivity contribution in [1.29, 1.82) is 0 Å². The van der Waals surface area contributed by atoms with Crippen molar-refractivity contribution in [3.05, 3.63) is 68.8 Å². The van der Waals surface area contributed by atoms with Crippen molar-refractivity contribution in [3.8, 4) is 0 Å². The molecule has 0 radical (unpaired) electrons. The first-order valence-electron chi connectivity index (χ1n) is 10.0. The van der Waals surface area contributed by atoms with Gasteiger partial charge in [-0.25, -0.2) is 0 Å². The van der Waals surface area contributed by atoms with Crippen LogP contribution in [0.4, 0.5) is 0 Å². The normalized spacial score (nSPS) is 16.4. The first-order valence-corrected chi connectivity index (χ1v) is 11.2. The quantitative estimate of drug-likeness (QED) is 0.407. The number of aromatic amines is 1. The van der Waals surface area contributed by atoms with Crippen LogP contribution in [-0.2, 0) is 4.79 Å². The number of fused-ring (bicyclic) bond motifs is 1. The number of H-pyrrole nitrogens is 1. The van der Waals surface area contributed by atoms with E-state index in [0.717, 1.165) is 22.0 Å². The lowest BCUT2D eigenvalue weighted by Crippen LogP contribution is -2.51. The Hall–Kier alpha value is -2.64. The van der Waals surface area contributed by atoms with E-state index in [4.69, 9.17) is 11.6 Å². The number of carbonyl (C=O) groups excluding carboxylic acids is 3. The zero-order chi connectivity index (χ0) is 22.1. The first-order chi connectivity index (χ1) is 14.8. The Labute approximate surface area is 193 Å². The molecule has 2 heterocycles. The molecule has 3 aromatic rings. The zero-order valence-corrected chi connectivity index (χ0v) is 19.2. The Kier molecular flexibility index (Phi) is 6.16. The predicted molar refractivity (Wildman–Crippen MR) is 124 cm³/mol. The van der Waals surface area contributed by atoms with Gasteiger partial charge in [-0.1, -0.05) is 33.6 Å². The molecular weight excluding hydrogens is 482 g/mol. The molecule has 2 aromatic carbocycles. The summed E-state index contributed by atoms with van der Waals surface area (Å²) in [5, 5.41) is 3.90. The molecule has 31 heavy (non-hydrogen) atoms. The molecule has 1 fully saturated rings. The van der Waals surface area contributed by atoms with Crippen LogP contribution in [0.15, 0.2) is 47.1 Å². The molecule has 0 bridgehead atoms. The summed E-state index contributed by atoms with van der Waals surface area (Å²) in [5.41, 5.74) is 2.53. The number of rotatable bonds is 4. The van der Waals surface area contributed by atoms with Crippen LogP contribution < -0.4 is 5.32 Å². The van der Waals surface area contributed by atoms with Gasteiger partial charge in [-0.3, -0.25) is 14.4 Å². The average molecular weight is 503 g/mol. The van der Waals surface area contributed by atoms with E-state index in [-0.39, 0.29) is 11.9 Å². The smallest absolute Gasteiger partial charge is 0.292 e. The maximum Gasteiger partial charge on any atom is 0.292 e. The highest BCUT2D eigenvalue weighted by atomic mass is 79.9. The molecule has 4 rings (SSSR count). The van der Waals surface area contributed by atoms with Crippen molar-refractivity contribution in [3.63, 3.8) is 0 Å². The Balaban J connectivity index is 1.45. The number of aromatic nitrogens is 1. The Morgan fingerprint density at radius 1 is 1.16 bits per heavy atom. The minimum Gasteiger partial charge on any atom is -0.360 e. The van der Waals surface area contributed by atoms with E-state index in [2.05, 4.69) is 26.2 Å². The summed E-state index contributed by atoms with van der Waals surface area (Å²) in [7, 11) is 0. The van der Waals surface area contributed by atoms with Crippen LogP contribution in [0.5, 0.6) is 0 Å². The van der Waals surface area contributed by atoms with Crippen molar-refractivity contribution in [2.75, 3.05) is 13.1 Å². The molecular formula is C23H21BrClN3O3. The Morgan fingerprint density at radius 2 is 1.97 bits per heavy atom. The van der Waals surface area contributed by atoms with Crippen LogP contribution in [0, 0.1) is 6.92 Å². The molecule has 160 valence electrons. The van der Waals surface area contributed by atoms with Crippen LogP contribution in [0.2, 0.25) is 5.02 Å². The van der Waals surface area contributed by atoms with Gasteiger partial charge in [-0.05, 0) is 55.7 Å². The number of likely N-dealkylation sites (tertiary alicyclic amines) is 1. The van der Waals surface area contributed by atoms with E-state index in [0.29, 0.717) is 41.0 Å². The highest BCUT2D eigenvalue weighted by molar-refractivity contribution is 9.10. The molecule has 0 spiro atoms. The molecule has 2 amide bonds. The van der Waals surface area contributed by atoms with E-state index < -0.39 is 11.7 Å². The maximum absolute atomic E-state index is 12.9. The van der Waals surface area contributed by atoms with Crippen LogP contribution in [0.1, 0.15) is 39.1 Å². The van der Waals surface area contributed by atoms with Gasteiger partial charge in [0.25, 0.3) is 17.6 Å². The van der Waals surface area contributed by atoms with Crippen molar-refractivity contribution >= 4 is 56.0 Å². The summed E-state index contributed by atoms with van der Waals surface area (Å²) in [6.45, 7) is 2.83. The van der Waals surface area contributed by atoms with Crippen LogP contribution in [0.25, 0.3) is 10.9 Å². The third-order valence-electron chi connectivity index (χ3n) is 5.49. The lowest BCUT2D eigenvalue weighted by molar-refractivity contribution is -0.118. The highest BCUT2D eigenvalue weighted by Crippen LogP contribution is 2.24. The van der Waals surface area contributed by atoms with Gasteiger partial charge in [-0.15, -0.1) is 0 Å². The average Bonchev–Trinajstić information content (AvgIpc) is 3.16. The third kappa shape index (κ3) is 4.52. The SMILES string of the molecule is Cc1ccc(C(=O)N2CCCC(NC(=O)C(=O)c3c[nH]c4ccc(Br)cc34)C2)c(Cl)c1. The predicted octanol–water partition coefficient (Wildman–Crippen LogP) is 4.50. The minimum atomic E-state index is -0.673. The Bertz CT molecular complexity index is 1190. The maximum atomic E-state index is 12.9. The number of benzene rings is 2. The summed E-state index contributed by atoms with van der Waals surface area (Å²) < 4.78 is 0.824. The number of nitrogens with one attached hydrogen (secondary N) is 2. The number of amides is 2. The van der Waals surface area contributed by atoms with E-state index >= 15 is 0 Å². The molecule has 0 aliphatic carbocycles. The van der Waals surface area contributed by atoms with Gasteiger partial charge in [0, 0.05) is 40.7 Å². The van der Waals surface area contributed by atoms with Gasteiger partial charge in [0.15, 0.2) is 0 Å². The van der Waals surface area contributed by atoms with Crippen molar-refractivity contribution in [2.24, 2.45) is 0 Å². The second-order valence-corrected chi connectivity index (χ2v) is 9.09. The standard InChI is InChI=1S/C23H21BrClN3O3/c1-13-4-6-16(19(25)9-13)23(31)28-8-2-3-15(12-28)27-22(30)21(29)18-11-26-20-7-5-14(24)10-17(18)20/h4-7,9-11,15,26H,2-3,8,12H2,1H3,(H,27,30). The number of aryl methyl sites for hydroxylation is 1. The fourth-order valence-corrected chi connectivity index (χ4v) is 4.57. The first kappa shape index (κ1) is 21.6. The van der Waals surface area contributed by atoms with Gasteiger partial charge in [0.05, 0.1) is 16.1 Å². The van der Waals surface area contributed by atoms with Gasteiger partial charge < -0.3 is 15.2 Å². The molecule has 6 nitrogen and oxygen atoms in total. The molecule has 0 saturated carbocycles. The number of halogens is 2. The molecule has 2 N–H and O–H groups in total. The lowest BCUT2D eigenvalue weighted by Gasteiger charge is -2.33. The van der Waals surface area contributed by atoms with Crippen molar-refractivity contribution in [2.45, 2.75) is 25.8 Å². The number of hydrogen-bond donors (Lipinski definition) is 2. The van der Waals surface area contributed by atoms with Gasteiger partial charge in [0.2, 0.25) is 0 Å². The molecule has 1 aliphatic heterocycles. The zero-order valence-electron chi connectivity index (χ0n) is 16.9. The summed E-state index contributed by atoms with van der Waals surface area (Å²) in [6.07, 6.45) is 2.98.